The number of benzene rings is 1. The van der Waals surface area contributed by atoms with Crippen molar-refractivity contribution >= 4 is 10.9 Å². The van der Waals surface area contributed by atoms with Gasteiger partial charge in [0.25, 0.3) is 0 Å². The zero-order valence-corrected chi connectivity index (χ0v) is 11.3. The lowest BCUT2D eigenvalue weighted by molar-refractivity contribution is 0.194. The first-order valence-electron chi connectivity index (χ1n) is 6.61. The summed E-state index contributed by atoms with van der Waals surface area (Å²) in [5.74, 6) is 0. The Morgan fingerprint density at radius 3 is 2.89 bits per heavy atom. The third-order valence-corrected chi connectivity index (χ3v) is 3.12. The third-order valence-electron chi connectivity index (χ3n) is 3.12. The van der Waals surface area contributed by atoms with E-state index < -0.39 is 0 Å². The van der Waals surface area contributed by atoms with Gasteiger partial charge in [-0.2, -0.15) is 0 Å². The number of ether oxygens (including phenoxy) is 1. The van der Waals surface area contributed by atoms with E-state index in [9.17, 15) is 4.79 Å². The summed E-state index contributed by atoms with van der Waals surface area (Å²) in [6.45, 7) is 3.48. The Morgan fingerprint density at radius 2 is 2.05 bits per heavy atom. The van der Waals surface area contributed by atoms with Crippen LogP contribution in [-0.4, -0.2) is 31.4 Å². The van der Waals surface area contributed by atoms with E-state index in [0.29, 0.717) is 0 Å². The Hall–Kier alpha value is -1.65. The van der Waals surface area contributed by atoms with E-state index in [2.05, 4.69) is 9.88 Å². The average Bonchev–Trinajstić information content (AvgIpc) is 2.45. The van der Waals surface area contributed by atoms with Gasteiger partial charge in [-0.05, 0) is 25.1 Å². The highest BCUT2D eigenvalue weighted by Crippen LogP contribution is 2.08. The summed E-state index contributed by atoms with van der Waals surface area (Å²) in [6, 6.07) is 9.36. The van der Waals surface area contributed by atoms with Crippen LogP contribution < -0.4 is 10.7 Å². The number of nitrogens with one attached hydrogen (secondary N) is 1. The van der Waals surface area contributed by atoms with E-state index in [1.54, 1.807) is 13.2 Å². The van der Waals surface area contributed by atoms with E-state index in [4.69, 9.17) is 4.74 Å². The van der Waals surface area contributed by atoms with Gasteiger partial charge in [0.05, 0.1) is 5.52 Å². The van der Waals surface area contributed by atoms with Crippen molar-refractivity contribution in [2.45, 2.75) is 13.0 Å². The van der Waals surface area contributed by atoms with Gasteiger partial charge in [0.15, 0.2) is 5.43 Å². The molecule has 4 nitrogen and oxygen atoms in total. The largest absolute Gasteiger partial charge is 0.385 e. The topological polar surface area (TPSA) is 43.3 Å². The van der Waals surface area contributed by atoms with Gasteiger partial charge in [0.2, 0.25) is 0 Å². The highest BCUT2D eigenvalue weighted by molar-refractivity contribution is 5.78. The molecule has 4 heteroatoms. The SMILES string of the molecule is COCCCNCCn1ccc(=O)c2ccccc21. The Balaban J connectivity index is 1.98. The van der Waals surface area contributed by atoms with Gasteiger partial charge in [-0.3, -0.25) is 4.79 Å². The van der Waals surface area contributed by atoms with Crippen LogP contribution >= 0.6 is 0 Å². The molecule has 0 bridgehead atoms. The molecule has 0 aliphatic carbocycles. The molecular weight excluding hydrogens is 240 g/mol. The second kappa shape index (κ2) is 7.07. The molecule has 0 spiro atoms. The molecule has 2 aromatic rings. The molecule has 1 N–H and O–H groups in total. The van der Waals surface area contributed by atoms with Crippen molar-refractivity contribution in [3.63, 3.8) is 0 Å². The summed E-state index contributed by atoms with van der Waals surface area (Å²) in [7, 11) is 1.71. The van der Waals surface area contributed by atoms with E-state index in [1.165, 1.54) is 0 Å². The molecule has 0 aliphatic heterocycles. The fourth-order valence-electron chi connectivity index (χ4n) is 2.12. The van der Waals surface area contributed by atoms with Crippen LogP contribution in [0, 0.1) is 0 Å². The predicted molar refractivity (Wildman–Crippen MR) is 77.6 cm³/mol. The number of pyridine rings is 1. The van der Waals surface area contributed by atoms with Gasteiger partial charge in [0, 0.05) is 44.5 Å². The first-order valence-corrected chi connectivity index (χ1v) is 6.61. The number of para-hydroxylation sites is 1. The molecule has 19 heavy (non-hydrogen) atoms. The summed E-state index contributed by atoms with van der Waals surface area (Å²) in [4.78, 5) is 11.7. The molecule has 0 unspecified atom stereocenters. The van der Waals surface area contributed by atoms with Crippen LogP contribution in [0.15, 0.2) is 41.3 Å². The molecule has 2 rings (SSSR count). The van der Waals surface area contributed by atoms with Crippen LogP contribution in [0.2, 0.25) is 0 Å². The molecule has 1 aromatic heterocycles. The van der Waals surface area contributed by atoms with Crippen molar-refractivity contribution in [3.8, 4) is 0 Å². The first kappa shape index (κ1) is 13.8. The first-order chi connectivity index (χ1) is 9.33. The third kappa shape index (κ3) is 3.66. The number of methoxy groups -OCH3 is 1. The summed E-state index contributed by atoms with van der Waals surface area (Å²) in [5.41, 5.74) is 1.08. The zero-order chi connectivity index (χ0) is 13.5. The summed E-state index contributed by atoms with van der Waals surface area (Å²) < 4.78 is 7.11. The normalized spacial score (nSPS) is 11.0. The maximum Gasteiger partial charge on any atom is 0.189 e. The maximum absolute atomic E-state index is 11.7. The molecule has 0 saturated carbocycles. The smallest absolute Gasteiger partial charge is 0.189 e. The molecular formula is C15H20N2O2. The lowest BCUT2D eigenvalue weighted by Gasteiger charge is -2.11. The van der Waals surface area contributed by atoms with E-state index in [1.807, 2.05) is 30.5 Å². The highest BCUT2D eigenvalue weighted by Gasteiger charge is 2.01. The summed E-state index contributed by atoms with van der Waals surface area (Å²) in [6.07, 6.45) is 2.88. The summed E-state index contributed by atoms with van der Waals surface area (Å²) in [5, 5.41) is 4.15. The lowest BCUT2D eigenvalue weighted by atomic mass is 10.2. The second-order valence-electron chi connectivity index (χ2n) is 4.49. The van der Waals surface area contributed by atoms with Crippen LogP contribution in [0.4, 0.5) is 0 Å². The van der Waals surface area contributed by atoms with Gasteiger partial charge in [-0.15, -0.1) is 0 Å². The molecule has 0 atom stereocenters. The van der Waals surface area contributed by atoms with Crippen molar-refractivity contribution < 1.29 is 4.74 Å². The fourth-order valence-corrected chi connectivity index (χ4v) is 2.12. The van der Waals surface area contributed by atoms with Crippen LogP contribution in [0.1, 0.15) is 6.42 Å². The van der Waals surface area contributed by atoms with E-state index in [-0.39, 0.29) is 5.43 Å². The number of aromatic nitrogens is 1. The molecule has 1 aromatic carbocycles. The van der Waals surface area contributed by atoms with Gasteiger partial charge in [0.1, 0.15) is 0 Å². The van der Waals surface area contributed by atoms with Crippen LogP contribution in [0.5, 0.6) is 0 Å². The van der Waals surface area contributed by atoms with Crippen molar-refractivity contribution in [2.75, 3.05) is 26.8 Å². The van der Waals surface area contributed by atoms with Gasteiger partial charge in [-0.25, -0.2) is 0 Å². The van der Waals surface area contributed by atoms with Crippen molar-refractivity contribution in [1.82, 2.24) is 9.88 Å². The standard InChI is InChI=1S/C15H20N2O2/c1-19-12-4-8-16-9-11-17-10-7-15(18)13-5-2-3-6-14(13)17/h2-3,5-7,10,16H,4,8-9,11-12H2,1H3. The van der Waals surface area contributed by atoms with Crippen LogP contribution in [0.3, 0.4) is 0 Å². The second-order valence-corrected chi connectivity index (χ2v) is 4.49. The van der Waals surface area contributed by atoms with Crippen molar-refractivity contribution in [3.05, 3.63) is 46.8 Å². The van der Waals surface area contributed by atoms with Crippen molar-refractivity contribution in [1.29, 1.82) is 0 Å². The number of rotatable bonds is 7. The van der Waals surface area contributed by atoms with Crippen LogP contribution in [0.25, 0.3) is 10.9 Å². The van der Waals surface area contributed by atoms with E-state index in [0.717, 1.165) is 43.6 Å². The quantitative estimate of drug-likeness (QED) is 0.769. The predicted octanol–water partition coefficient (Wildman–Crippen LogP) is 1.63. The Morgan fingerprint density at radius 1 is 1.21 bits per heavy atom. The minimum Gasteiger partial charge on any atom is -0.385 e. The minimum absolute atomic E-state index is 0.0832. The highest BCUT2D eigenvalue weighted by atomic mass is 16.5. The number of nitrogens with zero attached hydrogens (tertiary/aromatic N) is 1. The Bertz CT molecular complexity index is 578. The zero-order valence-electron chi connectivity index (χ0n) is 11.3. The molecule has 0 amide bonds. The van der Waals surface area contributed by atoms with Gasteiger partial charge < -0.3 is 14.6 Å². The monoisotopic (exact) mass is 260 g/mol. The molecule has 0 fully saturated rings. The Kier molecular flexibility index (Phi) is 5.12. The molecule has 102 valence electrons. The van der Waals surface area contributed by atoms with Crippen molar-refractivity contribution in [2.24, 2.45) is 0 Å². The average molecular weight is 260 g/mol. The fraction of sp³-hybridized carbons (Fsp3) is 0.400. The van der Waals surface area contributed by atoms with E-state index >= 15 is 0 Å². The molecule has 1 heterocycles. The maximum atomic E-state index is 11.7. The molecule has 0 saturated heterocycles. The van der Waals surface area contributed by atoms with Crippen LogP contribution in [-0.2, 0) is 11.3 Å². The molecule has 0 aliphatic rings. The number of fused-ring (bicyclic) bond motifs is 1. The number of hydrogen-bond acceptors (Lipinski definition) is 3. The van der Waals surface area contributed by atoms with Gasteiger partial charge in [-0.1, -0.05) is 12.1 Å². The lowest BCUT2D eigenvalue weighted by Crippen LogP contribution is -2.22. The summed E-state index contributed by atoms with van der Waals surface area (Å²) >= 11 is 0. The Labute approximate surface area is 113 Å². The molecule has 0 radical (unpaired) electrons. The number of hydrogen-bond donors (Lipinski definition) is 1. The van der Waals surface area contributed by atoms with Gasteiger partial charge >= 0.3 is 0 Å². The minimum atomic E-state index is 0.0832.